The first kappa shape index (κ1) is 11.9. The van der Waals surface area contributed by atoms with Crippen LogP contribution in [-0.2, 0) is 9.53 Å². The lowest BCUT2D eigenvalue weighted by molar-refractivity contribution is -0.142. The molecular weight excluding hydrogens is 206 g/mol. The third kappa shape index (κ3) is 2.23. The van der Waals surface area contributed by atoms with Crippen LogP contribution in [0.1, 0.15) is 39.0 Å². The second kappa shape index (κ2) is 4.72. The fraction of sp³-hybridized carbons (Fsp3) is 0.917. The molecule has 2 saturated heterocycles. The van der Waals surface area contributed by atoms with Crippen LogP contribution >= 0.6 is 0 Å². The lowest BCUT2D eigenvalue weighted by atomic mass is 9.97. The Morgan fingerprint density at radius 1 is 1.44 bits per heavy atom. The third-order valence-corrected chi connectivity index (χ3v) is 3.96. The van der Waals surface area contributed by atoms with Crippen LogP contribution in [0, 0.1) is 0 Å². The van der Waals surface area contributed by atoms with Crippen LogP contribution in [0.2, 0.25) is 0 Å². The highest BCUT2D eigenvalue weighted by Crippen LogP contribution is 2.37. The van der Waals surface area contributed by atoms with Gasteiger partial charge in [0.15, 0.2) is 0 Å². The number of hydrogen-bond acceptors (Lipinski definition) is 4. The highest BCUT2D eigenvalue weighted by molar-refractivity contribution is 5.69. The fourth-order valence-corrected chi connectivity index (χ4v) is 3.33. The molecule has 0 amide bonds. The zero-order chi connectivity index (χ0) is 11.7. The van der Waals surface area contributed by atoms with Crippen LogP contribution in [0.4, 0.5) is 0 Å². The van der Waals surface area contributed by atoms with Crippen molar-refractivity contribution < 1.29 is 14.6 Å². The van der Waals surface area contributed by atoms with Gasteiger partial charge in [0, 0.05) is 18.1 Å². The van der Waals surface area contributed by atoms with Gasteiger partial charge in [-0.3, -0.25) is 9.69 Å². The molecule has 2 rings (SSSR count). The molecule has 0 aliphatic carbocycles. The largest absolute Gasteiger partial charge is 0.469 e. The number of fused-ring (bicyclic) bond motifs is 2. The van der Waals surface area contributed by atoms with Gasteiger partial charge in [-0.1, -0.05) is 0 Å². The Morgan fingerprint density at radius 2 is 2.00 bits per heavy atom. The maximum Gasteiger partial charge on any atom is 0.307 e. The number of ether oxygens (including phenoxy) is 1. The summed E-state index contributed by atoms with van der Waals surface area (Å²) in [5.41, 5.74) is 0. The van der Waals surface area contributed by atoms with E-state index in [1.807, 2.05) is 0 Å². The van der Waals surface area contributed by atoms with Gasteiger partial charge in [-0.05, 0) is 32.6 Å². The standard InChI is InChI=1S/C12H21NO3/c1-8(5-12(15)16-2)13-9-3-4-10(13)7-11(14)6-9/h8-11,14H,3-7H2,1-2H3/t8-,9-,10+,11?/m1/s1. The number of carbonyl (C=O) groups excluding carboxylic acids is 1. The van der Waals surface area contributed by atoms with Crippen LogP contribution in [0.5, 0.6) is 0 Å². The van der Waals surface area contributed by atoms with E-state index in [4.69, 9.17) is 4.74 Å². The third-order valence-electron chi connectivity index (χ3n) is 3.96. The summed E-state index contributed by atoms with van der Waals surface area (Å²) < 4.78 is 4.71. The molecule has 2 bridgehead atoms. The lowest BCUT2D eigenvalue weighted by Gasteiger charge is -2.40. The van der Waals surface area contributed by atoms with Gasteiger partial charge in [0.1, 0.15) is 0 Å². The predicted octanol–water partition coefficient (Wildman–Crippen LogP) is 0.926. The highest BCUT2D eigenvalue weighted by Gasteiger charge is 2.42. The van der Waals surface area contributed by atoms with Crippen LogP contribution in [0.3, 0.4) is 0 Å². The molecule has 4 atom stereocenters. The molecule has 0 aromatic rings. The van der Waals surface area contributed by atoms with Crippen LogP contribution in [-0.4, -0.2) is 47.3 Å². The van der Waals surface area contributed by atoms with E-state index in [1.54, 1.807) is 0 Å². The van der Waals surface area contributed by atoms with Gasteiger partial charge in [0.2, 0.25) is 0 Å². The number of carbonyl (C=O) groups is 1. The first-order valence-electron chi connectivity index (χ1n) is 6.14. The number of nitrogens with zero attached hydrogens (tertiary/aromatic N) is 1. The molecule has 2 heterocycles. The van der Waals surface area contributed by atoms with E-state index in [9.17, 15) is 9.90 Å². The SMILES string of the molecule is COC(=O)C[C@@H](C)N1[C@@H]2CC[C@H]1CC(O)C2. The summed E-state index contributed by atoms with van der Waals surface area (Å²) in [5.74, 6) is -0.141. The van der Waals surface area contributed by atoms with E-state index in [-0.39, 0.29) is 18.1 Å². The van der Waals surface area contributed by atoms with Crippen LogP contribution in [0.15, 0.2) is 0 Å². The van der Waals surface area contributed by atoms with Gasteiger partial charge >= 0.3 is 5.97 Å². The zero-order valence-corrected chi connectivity index (χ0v) is 10.1. The predicted molar refractivity (Wildman–Crippen MR) is 60.0 cm³/mol. The van der Waals surface area contributed by atoms with Crippen molar-refractivity contribution in [1.29, 1.82) is 0 Å². The quantitative estimate of drug-likeness (QED) is 0.729. The molecular formula is C12H21NO3. The number of aliphatic hydroxyl groups is 1. The average Bonchev–Trinajstić information content (AvgIpc) is 2.51. The Hall–Kier alpha value is -0.610. The first-order valence-corrected chi connectivity index (χ1v) is 6.14. The van der Waals surface area contributed by atoms with E-state index in [0.717, 1.165) is 25.7 Å². The number of methoxy groups -OCH3 is 1. The van der Waals surface area contributed by atoms with Gasteiger partial charge in [0.25, 0.3) is 0 Å². The van der Waals surface area contributed by atoms with E-state index in [1.165, 1.54) is 7.11 Å². The first-order chi connectivity index (χ1) is 7.61. The Kier molecular flexibility index (Phi) is 3.50. The van der Waals surface area contributed by atoms with Crippen molar-refractivity contribution in [2.75, 3.05) is 7.11 Å². The maximum atomic E-state index is 11.3. The topological polar surface area (TPSA) is 49.8 Å². The highest BCUT2D eigenvalue weighted by atomic mass is 16.5. The van der Waals surface area contributed by atoms with Crippen molar-refractivity contribution >= 4 is 5.97 Å². The van der Waals surface area contributed by atoms with E-state index in [0.29, 0.717) is 18.5 Å². The molecule has 4 nitrogen and oxygen atoms in total. The minimum absolute atomic E-state index is 0.140. The molecule has 16 heavy (non-hydrogen) atoms. The van der Waals surface area contributed by atoms with Crippen molar-refractivity contribution in [3.8, 4) is 0 Å². The molecule has 1 unspecified atom stereocenters. The zero-order valence-electron chi connectivity index (χ0n) is 10.1. The Bertz CT molecular complexity index is 255. The van der Waals surface area contributed by atoms with Crippen molar-refractivity contribution in [2.45, 2.75) is 63.3 Å². The summed E-state index contributed by atoms with van der Waals surface area (Å²) in [4.78, 5) is 13.7. The summed E-state index contributed by atoms with van der Waals surface area (Å²) in [6, 6.07) is 1.17. The van der Waals surface area contributed by atoms with Crippen molar-refractivity contribution in [3.63, 3.8) is 0 Å². The number of esters is 1. The van der Waals surface area contributed by atoms with Gasteiger partial charge in [-0.25, -0.2) is 0 Å². The molecule has 1 N–H and O–H groups in total. The molecule has 2 aliphatic rings. The van der Waals surface area contributed by atoms with E-state index in [2.05, 4.69) is 11.8 Å². The molecule has 2 fully saturated rings. The average molecular weight is 227 g/mol. The minimum Gasteiger partial charge on any atom is -0.469 e. The van der Waals surface area contributed by atoms with Crippen molar-refractivity contribution in [3.05, 3.63) is 0 Å². The Balaban J connectivity index is 1.97. The molecule has 0 aromatic heterocycles. The second-order valence-corrected chi connectivity index (χ2v) is 5.09. The fourth-order valence-electron chi connectivity index (χ4n) is 3.33. The molecule has 0 radical (unpaired) electrons. The summed E-state index contributed by atoms with van der Waals surface area (Å²) in [6.07, 6.45) is 4.36. The van der Waals surface area contributed by atoms with E-state index < -0.39 is 0 Å². The second-order valence-electron chi connectivity index (χ2n) is 5.09. The van der Waals surface area contributed by atoms with Gasteiger partial charge < -0.3 is 9.84 Å². The molecule has 0 saturated carbocycles. The maximum absolute atomic E-state index is 11.3. The van der Waals surface area contributed by atoms with Gasteiger partial charge in [0.05, 0.1) is 19.6 Å². The Labute approximate surface area is 96.6 Å². The number of hydrogen-bond donors (Lipinski definition) is 1. The van der Waals surface area contributed by atoms with Crippen molar-refractivity contribution in [1.82, 2.24) is 4.90 Å². The van der Waals surface area contributed by atoms with Gasteiger partial charge in [-0.2, -0.15) is 0 Å². The van der Waals surface area contributed by atoms with Crippen molar-refractivity contribution in [2.24, 2.45) is 0 Å². The number of piperidine rings is 1. The summed E-state index contributed by atoms with van der Waals surface area (Å²) in [7, 11) is 1.43. The molecule has 0 aromatic carbocycles. The van der Waals surface area contributed by atoms with Crippen LogP contribution in [0.25, 0.3) is 0 Å². The molecule has 0 spiro atoms. The normalized spacial score (nSPS) is 36.1. The smallest absolute Gasteiger partial charge is 0.307 e. The molecule has 92 valence electrons. The Morgan fingerprint density at radius 3 is 2.50 bits per heavy atom. The lowest BCUT2D eigenvalue weighted by Crippen LogP contribution is -2.49. The summed E-state index contributed by atoms with van der Waals surface area (Å²) >= 11 is 0. The van der Waals surface area contributed by atoms with Gasteiger partial charge in [-0.15, -0.1) is 0 Å². The monoisotopic (exact) mass is 227 g/mol. The van der Waals surface area contributed by atoms with Crippen LogP contribution < -0.4 is 0 Å². The number of rotatable bonds is 3. The summed E-state index contributed by atoms with van der Waals surface area (Å²) in [6.45, 7) is 2.08. The molecule has 4 heteroatoms. The molecule has 2 aliphatic heterocycles. The summed E-state index contributed by atoms with van der Waals surface area (Å²) in [5, 5.41) is 9.70. The number of aliphatic hydroxyl groups excluding tert-OH is 1. The van der Waals surface area contributed by atoms with E-state index >= 15 is 0 Å². The minimum atomic E-state index is -0.141.